The van der Waals surface area contributed by atoms with Crippen molar-refractivity contribution in [3.63, 3.8) is 0 Å². The van der Waals surface area contributed by atoms with Crippen LogP contribution in [0.3, 0.4) is 0 Å². The van der Waals surface area contributed by atoms with E-state index in [1.54, 1.807) is 19.2 Å². The van der Waals surface area contributed by atoms with E-state index in [2.05, 4.69) is 25.5 Å². The van der Waals surface area contributed by atoms with Gasteiger partial charge in [-0.05, 0) is 31.9 Å². The van der Waals surface area contributed by atoms with Crippen molar-refractivity contribution in [2.24, 2.45) is 13.0 Å². The van der Waals surface area contributed by atoms with Gasteiger partial charge in [0.1, 0.15) is 18.2 Å². The summed E-state index contributed by atoms with van der Waals surface area (Å²) in [5.74, 6) is 0.256. The number of fused-ring (bicyclic) bond motifs is 3. The molecule has 3 aliphatic rings. The fraction of sp³-hybridized carbons (Fsp3) is 0.450. The first kappa shape index (κ1) is 20.0. The average Bonchev–Trinajstić information content (AvgIpc) is 3.21. The Morgan fingerprint density at radius 1 is 1.39 bits per heavy atom. The standard InChI is InChI=1S/C20H21FN6O3S/c1-20-6-5-11(8-23-20)14(15(20)21)30-19-26-25-17(31-19)12-4-3-10(7-13(12)28)16-22-9-27(2)18(29)24-16/h3-4,7,9,11,14-15,23,28H,5-6,8H2,1-2H3/t11-,14-,15+,20-/m1/s1. The Morgan fingerprint density at radius 2 is 2.23 bits per heavy atom. The van der Waals surface area contributed by atoms with Crippen LogP contribution in [0.1, 0.15) is 19.8 Å². The molecule has 3 aromatic rings. The molecule has 4 atom stereocenters. The van der Waals surface area contributed by atoms with Crippen LogP contribution in [0.25, 0.3) is 22.0 Å². The second-order valence-electron chi connectivity index (χ2n) is 8.26. The number of alkyl halides is 1. The number of phenolic OH excluding ortho intramolecular Hbond substituents is 1. The number of aromatic hydroxyl groups is 1. The lowest BCUT2D eigenvalue weighted by Crippen LogP contribution is -2.68. The third-order valence-electron chi connectivity index (χ3n) is 6.15. The number of hydrogen-bond donors (Lipinski definition) is 2. The number of hydrogen-bond acceptors (Lipinski definition) is 9. The molecule has 9 nitrogen and oxygen atoms in total. The van der Waals surface area contributed by atoms with Crippen LogP contribution in [0.5, 0.6) is 10.9 Å². The Balaban J connectivity index is 1.37. The van der Waals surface area contributed by atoms with Gasteiger partial charge in [0.05, 0.1) is 11.1 Å². The molecule has 1 saturated carbocycles. The molecule has 0 spiro atoms. The Bertz CT molecular complexity index is 1190. The van der Waals surface area contributed by atoms with E-state index in [4.69, 9.17) is 4.74 Å². The number of rotatable bonds is 4. The van der Waals surface area contributed by atoms with Gasteiger partial charge in [0.2, 0.25) is 0 Å². The molecule has 0 radical (unpaired) electrons. The smallest absolute Gasteiger partial charge is 0.350 e. The number of aromatic nitrogens is 5. The number of ether oxygens (including phenoxy) is 1. The number of piperidine rings is 2. The van der Waals surface area contributed by atoms with Gasteiger partial charge in [0, 0.05) is 25.1 Å². The molecule has 11 heteroatoms. The van der Waals surface area contributed by atoms with Crippen LogP contribution in [0, 0.1) is 5.92 Å². The minimum absolute atomic E-state index is 0.0544. The molecule has 162 valence electrons. The van der Waals surface area contributed by atoms with Crippen LogP contribution >= 0.6 is 11.3 Å². The highest BCUT2D eigenvalue weighted by Crippen LogP contribution is 2.42. The monoisotopic (exact) mass is 444 g/mol. The number of nitrogens with zero attached hydrogens (tertiary/aromatic N) is 5. The molecule has 2 saturated heterocycles. The maximum atomic E-state index is 15.0. The maximum absolute atomic E-state index is 15.0. The first-order chi connectivity index (χ1) is 14.8. The van der Waals surface area contributed by atoms with Crippen molar-refractivity contribution in [3.8, 4) is 32.9 Å². The average molecular weight is 444 g/mol. The molecule has 4 heterocycles. The van der Waals surface area contributed by atoms with E-state index in [1.807, 2.05) is 6.92 Å². The van der Waals surface area contributed by atoms with E-state index < -0.39 is 23.5 Å². The minimum atomic E-state index is -1.13. The van der Waals surface area contributed by atoms with Crippen molar-refractivity contribution in [1.82, 2.24) is 30.0 Å². The Kier molecular flexibility index (Phi) is 4.74. The highest BCUT2D eigenvalue weighted by Gasteiger charge is 2.53. The van der Waals surface area contributed by atoms with Gasteiger partial charge in [0.15, 0.2) is 17.0 Å². The quantitative estimate of drug-likeness (QED) is 0.627. The third-order valence-corrected chi connectivity index (χ3v) is 7.00. The van der Waals surface area contributed by atoms with E-state index in [0.29, 0.717) is 16.1 Å². The summed E-state index contributed by atoms with van der Waals surface area (Å²) in [5.41, 5.74) is -0.0533. The molecule has 6 rings (SSSR count). The number of aryl methyl sites for hydroxylation is 1. The summed E-state index contributed by atoms with van der Waals surface area (Å²) in [6.45, 7) is 2.61. The number of benzene rings is 1. The van der Waals surface area contributed by atoms with Crippen LogP contribution in [0.2, 0.25) is 0 Å². The highest BCUT2D eigenvalue weighted by atomic mass is 32.1. The predicted molar refractivity (Wildman–Crippen MR) is 112 cm³/mol. The fourth-order valence-corrected chi connectivity index (χ4v) is 4.95. The lowest BCUT2D eigenvalue weighted by atomic mass is 9.70. The molecular weight excluding hydrogens is 423 g/mol. The van der Waals surface area contributed by atoms with Crippen LogP contribution in [0.15, 0.2) is 29.3 Å². The molecule has 1 aliphatic carbocycles. The van der Waals surface area contributed by atoms with E-state index in [9.17, 15) is 14.3 Å². The summed E-state index contributed by atoms with van der Waals surface area (Å²) < 4.78 is 22.1. The summed E-state index contributed by atoms with van der Waals surface area (Å²) in [6, 6.07) is 4.81. The number of phenols is 1. The van der Waals surface area contributed by atoms with Gasteiger partial charge in [-0.1, -0.05) is 22.5 Å². The largest absolute Gasteiger partial charge is 0.507 e. The molecule has 2 aliphatic heterocycles. The molecular formula is C20H21FN6O3S. The van der Waals surface area contributed by atoms with Gasteiger partial charge < -0.3 is 15.2 Å². The topological polar surface area (TPSA) is 115 Å². The molecule has 3 fully saturated rings. The van der Waals surface area contributed by atoms with Crippen molar-refractivity contribution >= 4 is 11.3 Å². The Hall–Kier alpha value is -2.92. The van der Waals surface area contributed by atoms with Gasteiger partial charge in [-0.2, -0.15) is 4.98 Å². The molecule has 0 unspecified atom stereocenters. The van der Waals surface area contributed by atoms with Crippen molar-refractivity contribution in [3.05, 3.63) is 35.0 Å². The molecule has 2 N–H and O–H groups in total. The first-order valence-corrected chi connectivity index (χ1v) is 10.8. The normalized spacial score (nSPS) is 27.4. The van der Waals surface area contributed by atoms with Crippen LogP contribution in [-0.4, -0.2) is 54.2 Å². The number of halogens is 1. The molecule has 2 bridgehead atoms. The van der Waals surface area contributed by atoms with Gasteiger partial charge >= 0.3 is 5.69 Å². The summed E-state index contributed by atoms with van der Waals surface area (Å²) in [4.78, 5) is 19.7. The maximum Gasteiger partial charge on any atom is 0.350 e. The summed E-state index contributed by atoms with van der Waals surface area (Å²) in [5, 5.41) is 22.7. The zero-order valence-corrected chi connectivity index (χ0v) is 17.8. The zero-order chi connectivity index (χ0) is 21.8. The summed E-state index contributed by atoms with van der Waals surface area (Å²) in [7, 11) is 1.56. The van der Waals surface area contributed by atoms with Crippen molar-refractivity contribution in [2.75, 3.05) is 6.54 Å². The second-order valence-corrected chi connectivity index (χ2v) is 9.20. The number of nitrogens with one attached hydrogen (secondary N) is 1. The summed E-state index contributed by atoms with van der Waals surface area (Å²) in [6.07, 6.45) is 1.38. The van der Waals surface area contributed by atoms with Crippen LogP contribution in [0.4, 0.5) is 4.39 Å². The molecule has 1 aromatic carbocycles. The lowest BCUT2D eigenvalue weighted by Gasteiger charge is -2.51. The minimum Gasteiger partial charge on any atom is -0.507 e. The van der Waals surface area contributed by atoms with Crippen molar-refractivity contribution in [2.45, 2.75) is 37.6 Å². The first-order valence-electron chi connectivity index (χ1n) is 9.97. The summed E-state index contributed by atoms with van der Waals surface area (Å²) >= 11 is 1.15. The van der Waals surface area contributed by atoms with Gasteiger partial charge in [0.25, 0.3) is 5.19 Å². The molecule has 31 heavy (non-hydrogen) atoms. The second kappa shape index (κ2) is 7.34. The Morgan fingerprint density at radius 3 is 2.94 bits per heavy atom. The van der Waals surface area contributed by atoms with Crippen molar-refractivity contribution < 1.29 is 14.2 Å². The fourth-order valence-electron chi connectivity index (χ4n) is 4.18. The lowest BCUT2D eigenvalue weighted by molar-refractivity contribution is -0.0713. The third kappa shape index (κ3) is 3.47. The van der Waals surface area contributed by atoms with E-state index in [0.717, 1.165) is 30.7 Å². The molecule has 0 amide bonds. The zero-order valence-electron chi connectivity index (χ0n) is 16.9. The SMILES string of the molecule is Cn1cnc(-c2ccc(-c3nnc(O[C@@H]4[C@@H]5CC[C@@](C)(NC5)[C@H]4F)s3)c(O)c2)nc1=O. The van der Waals surface area contributed by atoms with E-state index in [1.165, 1.54) is 17.0 Å². The highest BCUT2D eigenvalue weighted by molar-refractivity contribution is 7.16. The van der Waals surface area contributed by atoms with Gasteiger partial charge in [-0.15, -0.1) is 5.10 Å². The van der Waals surface area contributed by atoms with E-state index >= 15 is 0 Å². The molecule has 2 aromatic heterocycles. The predicted octanol–water partition coefficient (Wildman–Crippen LogP) is 1.92. The van der Waals surface area contributed by atoms with Gasteiger partial charge in [-0.25, -0.2) is 14.2 Å². The van der Waals surface area contributed by atoms with E-state index in [-0.39, 0.29) is 22.7 Å². The van der Waals surface area contributed by atoms with Crippen LogP contribution < -0.4 is 15.7 Å². The Labute approximate surface area is 181 Å². The van der Waals surface area contributed by atoms with Gasteiger partial charge in [-0.3, -0.25) is 4.57 Å². The van der Waals surface area contributed by atoms with Crippen LogP contribution in [-0.2, 0) is 7.05 Å². The van der Waals surface area contributed by atoms with Crippen molar-refractivity contribution in [1.29, 1.82) is 0 Å².